The summed E-state index contributed by atoms with van der Waals surface area (Å²) in [7, 11) is 0. The summed E-state index contributed by atoms with van der Waals surface area (Å²) in [6.07, 6.45) is 1.28. The van der Waals surface area contributed by atoms with Crippen molar-refractivity contribution in [3.63, 3.8) is 0 Å². The number of nitrogen functional groups attached to an aromatic ring is 1. The van der Waals surface area contributed by atoms with E-state index < -0.39 is 0 Å². The maximum atomic E-state index is 5.71. The highest BCUT2D eigenvalue weighted by molar-refractivity contribution is 5.53. The second-order valence-electron chi connectivity index (χ2n) is 5.69. The van der Waals surface area contributed by atoms with Crippen LogP contribution in [0.15, 0.2) is 24.3 Å². The summed E-state index contributed by atoms with van der Waals surface area (Å²) in [4.78, 5) is 2.47. The first-order chi connectivity index (χ1) is 7.49. The largest absolute Gasteiger partial charge is 0.399 e. The van der Waals surface area contributed by atoms with E-state index in [-0.39, 0.29) is 0 Å². The lowest BCUT2D eigenvalue weighted by Crippen LogP contribution is -2.44. The monoisotopic (exact) mass is 218 g/mol. The van der Waals surface area contributed by atoms with Gasteiger partial charge in [0.1, 0.15) is 0 Å². The van der Waals surface area contributed by atoms with Crippen molar-refractivity contribution >= 4 is 11.4 Å². The van der Waals surface area contributed by atoms with Crippen LogP contribution in [0.3, 0.4) is 0 Å². The van der Waals surface area contributed by atoms with E-state index in [2.05, 4.69) is 37.8 Å². The Balaban J connectivity index is 2.14. The molecule has 1 aromatic carbocycles. The van der Waals surface area contributed by atoms with Gasteiger partial charge in [-0.3, -0.25) is 0 Å². The van der Waals surface area contributed by atoms with Crippen molar-refractivity contribution in [3.8, 4) is 0 Å². The van der Waals surface area contributed by atoms with Gasteiger partial charge in [0.05, 0.1) is 0 Å². The number of piperidine rings is 1. The average molecular weight is 218 g/mol. The third kappa shape index (κ3) is 2.16. The van der Waals surface area contributed by atoms with Gasteiger partial charge in [0.25, 0.3) is 0 Å². The van der Waals surface area contributed by atoms with Crippen LogP contribution in [-0.4, -0.2) is 13.1 Å². The molecule has 1 atom stereocenters. The van der Waals surface area contributed by atoms with Crippen LogP contribution in [0.2, 0.25) is 0 Å². The highest BCUT2D eigenvalue weighted by atomic mass is 15.1. The molecule has 2 nitrogen and oxygen atoms in total. The van der Waals surface area contributed by atoms with Gasteiger partial charge in [-0.25, -0.2) is 0 Å². The molecule has 1 unspecified atom stereocenters. The molecule has 0 aliphatic carbocycles. The van der Waals surface area contributed by atoms with E-state index in [1.807, 2.05) is 12.1 Å². The van der Waals surface area contributed by atoms with E-state index in [1.165, 1.54) is 12.1 Å². The fraction of sp³-hybridized carbons (Fsp3) is 0.571. The van der Waals surface area contributed by atoms with Crippen LogP contribution in [0.4, 0.5) is 11.4 Å². The lowest BCUT2D eigenvalue weighted by molar-refractivity contribution is 0.193. The van der Waals surface area contributed by atoms with Crippen LogP contribution >= 0.6 is 0 Å². The Morgan fingerprint density at radius 2 is 1.88 bits per heavy atom. The van der Waals surface area contributed by atoms with Crippen molar-refractivity contribution in [1.29, 1.82) is 0 Å². The van der Waals surface area contributed by atoms with Gasteiger partial charge in [0, 0.05) is 24.5 Å². The Morgan fingerprint density at radius 1 is 1.25 bits per heavy atom. The molecule has 1 fully saturated rings. The molecule has 0 bridgehead atoms. The average Bonchev–Trinajstić information content (AvgIpc) is 2.23. The fourth-order valence-electron chi connectivity index (χ4n) is 2.37. The Hall–Kier alpha value is -1.18. The molecule has 2 rings (SSSR count). The van der Waals surface area contributed by atoms with Crippen LogP contribution in [0, 0.1) is 11.3 Å². The van der Waals surface area contributed by atoms with Gasteiger partial charge in [-0.15, -0.1) is 0 Å². The lowest BCUT2D eigenvalue weighted by atomic mass is 9.75. The van der Waals surface area contributed by atoms with E-state index in [9.17, 15) is 0 Å². The van der Waals surface area contributed by atoms with Crippen LogP contribution < -0.4 is 10.6 Å². The first-order valence-electron chi connectivity index (χ1n) is 6.09. The number of hydrogen-bond donors (Lipinski definition) is 1. The molecule has 0 radical (unpaired) electrons. The summed E-state index contributed by atoms with van der Waals surface area (Å²) < 4.78 is 0. The van der Waals surface area contributed by atoms with Crippen molar-refractivity contribution in [2.75, 3.05) is 23.7 Å². The number of rotatable bonds is 1. The first kappa shape index (κ1) is 11.3. The van der Waals surface area contributed by atoms with Crippen LogP contribution in [0.5, 0.6) is 0 Å². The summed E-state index contributed by atoms with van der Waals surface area (Å²) in [5, 5.41) is 0. The van der Waals surface area contributed by atoms with E-state index in [0.717, 1.165) is 24.7 Å². The molecule has 1 aliphatic heterocycles. The molecular formula is C14H22N2. The molecule has 1 saturated heterocycles. The van der Waals surface area contributed by atoms with Gasteiger partial charge < -0.3 is 10.6 Å². The van der Waals surface area contributed by atoms with Crippen molar-refractivity contribution in [2.24, 2.45) is 11.3 Å². The lowest BCUT2D eigenvalue weighted by Gasteiger charge is -2.44. The molecule has 1 aliphatic rings. The second kappa shape index (κ2) is 4.00. The molecule has 1 aromatic rings. The van der Waals surface area contributed by atoms with Crippen LogP contribution in [-0.2, 0) is 0 Å². The van der Waals surface area contributed by atoms with Gasteiger partial charge in [-0.2, -0.15) is 0 Å². The predicted molar refractivity (Wildman–Crippen MR) is 70.6 cm³/mol. The Bertz CT molecular complexity index is 354. The van der Waals surface area contributed by atoms with E-state index in [1.54, 1.807) is 0 Å². The molecule has 2 N–H and O–H groups in total. The zero-order chi connectivity index (χ0) is 11.8. The molecule has 1 heterocycles. The first-order valence-corrected chi connectivity index (χ1v) is 6.09. The minimum Gasteiger partial charge on any atom is -0.399 e. The third-order valence-corrected chi connectivity index (χ3v) is 4.02. The highest BCUT2D eigenvalue weighted by Crippen LogP contribution is 2.36. The maximum Gasteiger partial charge on any atom is 0.0367 e. The number of benzene rings is 1. The second-order valence-corrected chi connectivity index (χ2v) is 5.69. The minimum atomic E-state index is 0.402. The summed E-state index contributed by atoms with van der Waals surface area (Å²) in [6, 6.07) is 8.23. The van der Waals surface area contributed by atoms with E-state index >= 15 is 0 Å². The molecule has 0 spiro atoms. The molecule has 16 heavy (non-hydrogen) atoms. The number of nitrogens with zero attached hydrogens (tertiary/aromatic N) is 1. The van der Waals surface area contributed by atoms with Gasteiger partial charge in [0.2, 0.25) is 0 Å². The summed E-state index contributed by atoms with van der Waals surface area (Å²) >= 11 is 0. The summed E-state index contributed by atoms with van der Waals surface area (Å²) in [5.74, 6) is 0.803. The topological polar surface area (TPSA) is 29.3 Å². The summed E-state index contributed by atoms with van der Waals surface area (Å²) in [5.41, 5.74) is 8.26. The number of nitrogens with two attached hydrogens (primary N) is 1. The SMILES string of the molecule is CC1CCN(c2ccc(N)cc2)CC1(C)C. The maximum absolute atomic E-state index is 5.71. The molecule has 0 saturated carbocycles. The zero-order valence-corrected chi connectivity index (χ0v) is 10.5. The van der Waals surface area contributed by atoms with Crippen LogP contribution in [0.1, 0.15) is 27.2 Å². The number of hydrogen-bond acceptors (Lipinski definition) is 2. The highest BCUT2D eigenvalue weighted by Gasteiger charge is 2.32. The van der Waals surface area contributed by atoms with E-state index in [0.29, 0.717) is 5.41 Å². The molecule has 0 aromatic heterocycles. The van der Waals surface area contributed by atoms with Crippen molar-refractivity contribution in [1.82, 2.24) is 0 Å². The minimum absolute atomic E-state index is 0.402. The van der Waals surface area contributed by atoms with Gasteiger partial charge in [-0.05, 0) is 42.0 Å². The smallest absolute Gasteiger partial charge is 0.0367 e. The summed E-state index contributed by atoms with van der Waals surface area (Å²) in [6.45, 7) is 9.38. The number of anilines is 2. The fourth-order valence-corrected chi connectivity index (χ4v) is 2.37. The standard InChI is InChI=1S/C14H22N2/c1-11-8-9-16(10-14(11,2)3)13-6-4-12(15)5-7-13/h4-7,11H,8-10,15H2,1-3H3. The van der Waals surface area contributed by atoms with Crippen LogP contribution in [0.25, 0.3) is 0 Å². The quantitative estimate of drug-likeness (QED) is 0.734. The van der Waals surface area contributed by atoms with Gasteiger partial charge in [0.15, 0.2) is 0 Å². The van der Waals surface area contributed by atoms with Gasteiger partial charge >= 0.3 is 0 Å². The Kier molecular flexibility index (Phi) is 2.83. The molecule has 88 valence electrons. The molecule has 2 heteroatoms. The Labute approximate surface area is 98.4 Å². The van der Waals surface area contributed by atoms with Gasteiger partial charge in [-0.1, -0.05) is 20.8 Å². The molecular weight excluding hydrogens is 196 g/mol. The third-order valence-electron chi connectivity index (χ3n) is 4.02. The van der Waals surface area contributed by atoms with Crippen molar-refractivity contribution in [2.45, 2.75) is 27.2 Å². The Morgan fingerprint density at radius 3 is 2.44 bits per heavy atom. The van der Waals surface area contributed by atoms with E-state index in [4.69, 9.17) is 5.73 Å². The predicted octanol–water partition coefficient (Wildman–Crippen LogP) is 3.14. The van der Waals surface area contributed by atoms with Crippen molar-refractivity contribution in [3.05, 3.63) is 24.3 Å². The normalized spacial score (nSPS) is 24.4. The van der Waals surface area contributed by atoms with Crippen molar-refractivity contribution < 1.29 is 0 Å². The zero-order valence-electron chi connectivity index (χ0n) is 10.5. The molecule has 0 amide bonds.